The number of fused-ring (bicyclic) bond motifs is 1. The van der Waals surface area contributed by atoms with Crippen LogP contribution in [0.1, 0.15) is 16.7 Å². The highest BCUT2D eigenvalue weighted by atomic mass is 16.6. The number of nitrogens with one attached hydrogen (secondary N) is 1. The molecule has 1 N–H and O–H groups in total. The van der Waals surface area contributed by atoms with Gasteiger partial charge in [-0.1, -0.05) is 24.3 Å². The molecule has 5 rings (SSSR count). The van der Waals surface area contributed by atoms with Gasteiger partial charge in [0.15, 0.2) is 11.5 Å². The van der Waals surface area contributed by atoms with Crippen LogP contribution < -0.4 is 14.8 Å². The molecule has 4 aromatic rings. The maximum absolute atomic E-state index is 13.0. The number of aryl methyl sites for hydroxylation is 2. The van der Waals surface area contributed by atoms with Crippen molar-refractivity contribution in [1.82, 2.24) is 9.78 Å². The van der Waals surface area contributed by atoms with Crippen molar-refractivity contribution in [2.24, 2.45) is 0 Å². The molecule has 0 spiro atoms. The number of anilines is 1. The van der Waals surface area contributed by atoms with Crippen LogP contribution in [0, 0.1) is 25.2 Å². The number of nitriles is 1. The van der Waals surface area contributed by atoms with Crippen LogP contribution in [-0.4, -0.2) is 28.9 Å². The first-order valence-electron chi connectivity index (χ1n) is 11.6. The van der Waals surface area contributed by atoms with Crippen LogP contribution in [0.15, 0.2) is 78.5 Å². The molecule has 0 saturated carbocycles. The van der Waals surface area contributed by atoms with Gasteiger partial charge in [-0.2, -0.15) is 10.4 Å². The monoisotopic (exact) mass is 476 g/mol. The van der Waals surface area contributed by atoms with Gasteiger partial charge in [-0.15, -0.1) is 0 Å². The molecule has 7 heteroatoms. The third-order valence-corrected chi connectivity index (χ3v) is 6.01. The van der Waals surface area contributed by atoms with Crippen LogP contribution in [0.25, 0.3) is 23.0 Å². The van der Waals surface area contributed by atoms with Gasteiger partial charge in [0.05, 0.1) is 5.69 Å². The Hall–Kier alpha value is -4.83. The van der Waals surface area contributed by atoms with Crippen LogP contribution in [0.3, 0.4) is 0 Å². The van der Waals surface area contributed by atoms with Crippen LogP contribution in [0.2, 0.25) is 0 Å². The second-order valence-electron chi connectivity index (χ2n) is 8.49. The average molecular weight is 477 g/mol. The van der Waals surface area contributed by atoms with Gasteiger partial charge in [-0.05, 0) is 73.5 Å². The average Bonchev–Trinajstić information content (AvgIpc) is 3.33. The molecule has 0 radical (unpaired) electrons. The van der Waals surface area contributed by atoms with Gasteiger partial charge in [0.2, 0.25) is 0 Å². The number of hydrogen-bond donors (Lipinski definition) is 1. The number of rotatable bonds is 5. The second-order valence-corrected chi connectivity index (χ2v) is 8.49. The topological polar surface area (TPSA) is 89.2 Å². The van der Waals surface area contributed by atoms with Crippen molar-refractivity contribution in [3.05, 3.63) is 95.2 Å². The molecule has 0 fully saturated rings. The number of carbonyl (C=O) groups excluding carboxylic acids is 1. The fourth-order valence-electron chi connectivity index (χ4n) is 3.94. The van der Waals surface area contributed by atoms with E-state index in [0.717, 1.165) is 22.4 Å². The van der Waals surface area contributed by atoms with Gasteiger partial charge in [0, 0.05) is 23.0 Å². The van der Waals surface area contributed by atoms with Crippen molar-refractivity contribution in [3.63, 3.8) is 0 Å². The summed E-state index contributed by atoms with van der Waals surface area (Å²) in [6.45, 7) is 4.96. The van der Waals surface area contributed by atoms with Gasteiger partial charge in [0.25, 0.3) is 5.91 Å². The Kier molecular flexibility index (Phi) is 6.25. The number of hydrogen-bond acceptors (Lipinski definition) is 5. The summed E-state index contributed by atoms with van der Waals surface area (Å²) >= 11 is 0. The fraction of sp³-hybridized carbons (Fsp3) is 0.138. The number of ether oxygens (including phenoxy) is 2. The highest BCUT2D eigenvalue weighted by Gasteiger charge is 2.18. The number of aromatic nitrogens is 2. The number of benzene rings is 3. The maximum atomic E-state index is 13.0. The minimum atomic E-state index is -0.485. The Morgan fingerprint density at radius 3 is 2.53 bits per heavy atom. The summed E-state index contributed by atoms with van der Waals surface area (Å²) in [4.78, 5) is 13.0. The van der Waals surface area contributed by atoms with Crippen molar-refractivity contribution >= 4 is 17.7 Å². The summed E-state index contributed by atoms with van der Waals surface area (Å²) in [6, 6.07) is 22.9. The van der Waals surface area contributed by atoms with Crippen molar-refractivity contribution in [2.75, 3.05) is 18.5 Å². The first-order valence-corrected chi connectivity index (χ1v) is 11.6. The van der Waals surface area contributed by atoms with E-state index < -0.39 is 5.91 Å². The number of para-hydroxylation sites is 1. The molecule has 0 aliphatic carbocycles. The van der Waals surface area contributed by atoms with E-state index in [2.05, 4.69) is 5.32 Å². The van der Waals surface area contributed by atoms with E-state index in [9.17, 15) is 10.1 Å². The van der Waals surface area contributed by atoms with Gasteiger partial charge < -0.3 is 14.8 Å². The maximum Gasteiger partial charge on any atom is 0.266 e. The largest absolute Gasteiger partial charge is 0.486 e. The highest BCUT2D eigenvalue weighted by molar-refractivity contribution is 6.10. The summed E-state index contributed by atoms with van der Waals surface area (Å²) in [5.74, 6) is 0.826. The molecular weight excluding hydrogens is 452 g/mol. The standard InChI is InChI=1S/C29H24N4O3/c1-19-8-10-24(14-20(19)2)31-29(34)22(17-30)15-23-18-33(25-6-4-3-5-7-25)32-28(23)21-9-11-26-27(16-21)36-13-12-35-26/h3-11,14-16,18H,12-13H2,1-2H3,(H,31,34). The molecule has 1 aromatic heterocycles. The molecule has 178 valence electrons. The van der Waals surface area contributed by atoms with Crippen LogP contribution in [-0.2, 0) is 4.79 Å². The molecule has 1 aliphatic heterocycles. The molecule has 3 aromatic carbocycles. The number of amides is 1. The zero-order chi connectivity index (χ0) is 25.1. The fourth-order valence-corrected chi connectivity index (χ4v) is 3.94. The van der Waals surface area contributed by atoms with E-state index in [-0.39, 0.29) is 5.57 Å². The van der Waals surface area contributed by atoms with Crippen molar-refractivity contribution in [2.45, 2.75) is 13.8 Å². The van der Waals surface area contributed by atoms with Gasteiger partial charge in [-0.3, -0.25) is 4.79 Å². The Bertz CT molecular complexity index is 1510. The first-order chi connectivity index (χ1) is 17.5. The summed E-state index contributed by atoms with van der Waals surface area (Å²) in [6.07, 6.45) is 3.37. The minimum Gasteiger partial charge on any atom is -0.486 e. The van der Waals surface area contributed by atoms with Crippen LogP contribution in [0.5, 0.6) is 11.5 Å². The molecule has 0 saturated heterocycles. The van der Waals surface area contributed by atoms with E-state index in [4.69, 9.17) is 14.6 Å². The normalized spacial score (nSPS) is 12.6. The lowest BCUT2D eigenvalue weighted by Gasteiger charge is -2.18. The number of nitrogens with zero attached hydrogens (tertiary/aromatic N) is 3. The van der Waals surface area contributed by atoms with Crippen molar-refractivity contribution in [3.8, 4) is 34.5 Å². The van der Waals surface area contributed by atoms with E-state index in [1.54, 1.807) is 10.8 Å². The zero-order valence-corrected chi connectivity index (χ0v) is 20.0. The summed E-state index contributed by atoms with van der Waals surface area (Å²) in [7, 11) is 0. The molecule has 0 unspecified atom stereocenters. The minimum absolute atomic E-state index is 0.0281. The molecule has 1 amide bonds. The Labute approximate surface area is 209 Å². The predicted molar refractivity (Wildman–Crippen MR) is 138 cm³/mol. The lowest BCUT2D eigenvalue weighted by Crippen LogP contribution is -2.15. The van der Waals surface area contributed by atoms with E-state index in [1.165, 1.54) is 0 Å². The van der Waals surface area contributed by atoms with E-state index in [1.807, 2.05) is 92.8 Å². The summed E-state index contributed by atoms with van der Waals surface area (Å²) < 4.78 is 13.1. The molecule has 36 heavy (non-hydrogen) atoms. The zero-order valence-electron chi connectivity index (χ0n) is 20.0. The van der Waals surface area contributed by atoms with Crippen molar-refractivity contribution < 1.29 is 14.3 Å². The predicted octanol–water partition coefficient (Wildman–Crippen LogP) is 5.47. The molecule has 1 aliphatic rings. The summed E-state index contributed by atoms with van der Waals surface area (Å²) in [5, 5.41) is 17.4. The van der Waals surface area contributed by atoms with Crippen molar-refractivity contribution in [1.29, 1.82) is 5.26 Å². The number of carbonyl (C=O) groups is 1. The molecule has 2 heterocycles. The summed E-state index contributed by atoms with van der Waals surface area (Å²) in [5.41, 5.74) is 5.67. The first kappa shape index (κ1) is 22.9. The lowest BCUT2D eigenvalue weighted by molar-refractivity contribution is -0.112. The molecule has 0 bridgehead atoms. The molecule has 0 atom stereocenters. The highest BCUT2D eigenvalue weighted by Crippen LogP contribution is 2.36. The molecule has 7 nitrogen and oxygen atoms in total. The SMILES string of the molecule is Cc1ccc(NC(=O)C(C#N)=Cc2cn(-c3ccccc3)nc2-c2ccc3c(c2)OCCO3)cc1C. The smallest absolute Gasteiger partial charge is 0.266 e. The van der Waals surface area contributed by atoms with Crippen LogP contribution in [0.4, 0.5) is 5.69 Å². The quantitative estimate of drug-likeness (QED) is 0.305. The van der Waals surface area contributed by atoms with E-state index in [0.29, 0.717) is 41.7 Å². The Balaban J connectivity index is 1.55. The van der Waals surface area contributed by atoms with Gasteiger partial charge in [-0.25, -0.2) is 4.68 Å². The van der Waals surface area contributed by atoms with Gasteiger partial charge in [0.1, 0.15) is 30.6 Å². The third kappa shape index (κ3) is 4.70. The van der Waals surface area contributed by atoms with Gasteiger partial charge >= 0.3 is 0 Å². The lowest BCUT2D eigenvalue weighted by atomic mass is 10.0. The Morgan fingerprint density at radius 2 is 1.78 bits per heavy atom. The molecular formula is C29H24N4O3. The second kappa shape index (κ2) is 9.80. The van der Waals surface area contributed by atoms with E-state index >= 15 is 0 Å². The Morgan fingerprint density at radius 1 is 1.00 bits per heavy atom. The third-order valence-electron chi connectivity index (χ3n) is 6.01. The van der Waals surface area contributed by atoms with Crippen LogP contribution >= 0.6 is 0 Å².